The zero-order valence-corrected chi connectivity index (χ0v) is 26.2. The van der Waals surface area contributed by atoms with E-state index in [2.05, 4.69) is 13.5 Å². The zero-order valence-electron chi connectivity index (χ0n) is 26.2. The van der Waals surface area contributed by atoms with Crippen LogP contribution in [0.25, 0.3) is 0 Å². The molecule has 0 saturated carbocycles. The fourth-order valence-electron chi connectivity index (χ4n) is 4.20. The summed E-state index contributed by atoms with van der Waals surface area (Å²) in [6.07, 6.45) is 2.88. The lowest BCUT2D eigenvalue weighted by molar-refractivity contribution is -0.139. The van der Waals surface area contributed by atoms with Gasteiger partial charge in [-0.25, -0.2) is 14.4 Å². The van der Waals surface area contributed by atoms with Gasteiger partial charge < -0.3 is 33.2 Å². The third-order valence-electron chi connectivity index (χ3n) is 6.94. The van der Waals surface area contributed by atoms with Crippen molar-refractivity contribution in [1.82, 2.24) is 0 Å². The van der Waals surface area contributed by atoms with Gasteiger partial charge in [0.25, 0.3) is 0 Å². The number of hydrogen-bond donors (Lipinski definition) is 0. The molecule has 10 heteroatoms. The van der Waals surface area contributed by atoms with E-state index in [0.29, 0.717) is 53.9 Å². The predicted octanol–water partition coefficient (Wildman–Crippen LogP) is 6.08. The Labute approximate surface area is 269 Å². The largest absolute Gasteiger partial charge is 0.494 e. The van der Waals surface area contributed by atoms with Crippen LogP contribution < -0.4 is 18.9 Å². The van der Waals surface area contributed by atoms with Crippen LogP contribution in [0.2, 0.25) is 0 Å². The molecule has 0 radical (unpaired) electrons. The van der Waals surface area contributed by atoms with E-state index in [4.69, 9.17) is 33.2 Å². The molecular formula is C36H40O10. The van der Waals surface area contributed by atoms with Crippen molar-refractivity contribution in [3.63, 3.8) is 0 Å². The molecule has 0 aromatic heterocycles. The van der Waals surface area contributed by atoms with Gasteiger partial charge in [0.2, 0.25) is 0 Å². The number of carbonyl (C=O) groups excluding carboxylic acids is 3. The van der Waals surface area contributed by atoms with Crippen LogP contribution in [0.4, 0.5) is 0 Å². The maximum Gasteiger partial charge on any atom is 0.343 e. The number of esters is 3. The molecule has 0 spiro atoms. The molecule has 1 aliphatic heterocycles. The molecular weight excluding hydrogens is 592 g/mol. The topological polar surface area (TPSA) is 116 Å². The molecule has 0 bridgehead atoms. The van der Waals surface area contributed by atoms with Gasteiger partial charge in [-0.3, -0.25) is 0 Å². The highest BCUT2D eigenvalue weighted by Crippen LogP contribution is 2.26. The van der Waals surface area contributed by atoms with Crippen LogP contribution in [0.3, 0.4) is 0 Å². The number of ether oxygens (including phenoxy) is 7. The van der Waals surface area contributed by atoms with E-state index >= 15 is 0 Å². The van der Waals surface area contributed by atoms with Crippen molar-refractivity contribution in [2.45, 2.75) is 26.7 Å². The highest BCUT2D eigenvalue weighted by molar-refractivity contribution is 5.92. The Morgan fingerprint density at radius 2 is 1.26 bits per heavy atom. The smallest absolute Gasteiger partial charge is 0.343 e. The second-order valence-corrected chi connectivity index (χ2v) is 11.5. The van der Waals surface area contributed by atoms with E-state index in [1.54, 1.807) is 72.8 Å². The van der Waals surface area contributed by atoms with Crippen molar-refractivity contribution in [3.05, 3.63) is 96.6 Å². The molecule has 0 aliphatic carbocycles. The molecule has 4 rings (SSSR count). The van der Waals surface area contributed by atoms with Crippen molar-refractivity contribution in [2.24, 2.45) is 11.3 Å². The molecule has 1 unspecified atom stereocenters. The summed E-state index contributed by atoms with van der Waals surface area (Å²) >= 11 is 0. The van der Waals surface area contributed by atoms with Crippen molar-refractivity contribution >= 4 is 17.9 Å². The highest BCUT2D eigenvalue weighted by Gasteiger charge is 2.33. The standard InChI is InChI=1S/C36H40O10/c1-4-33(37)44-22-26(2)21-43-30-13-9-28(10-14-30)35(39)46-32-17-15-31(16-18-32)45-34(38)27-7-11-29(12-8-27)42-20-6-5-19-40-23-36(3)24-41-25-36/h4,7-18,26H,1,5-6,19-25H2,2-3H3. The minimum absolute atomic E-state index is 0.0239. The van der Waals surface area contributed by atoms with Crippen molar-refractivity contribution < 1.29 is 47.5 Å². The Bertz CT molecular complexity index is 1430. The van der Waals surface area contributed by atoms with E-state index in [0.717, 1.165) is 38.7 Å². The van der Waals surface area contributed by atoms with Crippen molar-refractivity contribution in [1.29, 1.82) is 0 Å². The minimum atomic E-state index is -0.550. The lowest BCUT2D eigenvalue weighted by atomic mass is 9.90. The summed E-state index contributed by atoms with van der Waals surface area (Å²) in [4.78, 5) is 36.4. The fraction of sp³-hybridized carbons (Fsp3) is 0.361. The van der Waals surface area contributed by atoms with Gasteiger partial charge in [0, 0.05) is 24.0 Å². The summed E-state index contributed by atoms with van der Waals surface area (Å²) in [7, 11) is 0. The van der Waals surface area contributed by atoms with Crippen LogP contribution in [-0.4, -0.2) is 64.2 Å². The van der Waals surface area contributed by atoms with Crippen molar-refractivity contribution in [3.8, 4) is 23.0 Å². The molecule has 0 amide bonds. The maximum absolute atomic E-state index is 12.6. The molecule has 1 fully saturated rings. The molecule has 3 aromatic rings. The minimum Gasteiger partial charge on any atom is -0.494 e. The molecule has 244 valence electrons. The summed E-state index contributed by atoms with van der Waals surface area (Å²) in [5, 5.41) is 0. The predicted molar refractivity (Wildman–Crippen MR) is 170 cm³/mol. The fourth-order valence-corrected chi connectivity index (χ4v) is 4.20. The number of hydrogen-bond acceptors (Lipinski definition) is 10. The van der Waals surface area contributed by atoms with Gasteiger partial charge in [-0.1, -0.05) is 20.4 Å². The summed E-state index contributed by atoms with van der Waals surface area (Å²) < 4.78 is 38.3. The monoisotopic (exact) mass is 632 g/mol. The molecule has 1 saturated heterocycles. The van der Waals surface area contributed by atoms with Gasteiger partial charge in [0.1, 0.15) is 23.0 Å². The zero-order chi connectivity index (χ0) is 32.8. The molecule has 3 aromatic carbocycles. The van der Waals surface area contributed by atoms with E-state index < -0.39 is 17.9 Å². The van der Waals surface area contributed by atoms with E-state index in [-0.39, 0.29) is 17.9 Å². The van der Waals surface area contributed by atoms with Crippen LogP contribution in [0, 0.1) is 11.3 Å². The highest BCUT2D eigenvalue weighted by atomic mass is 16.5. The van der Waals surface area contributed by atoms with Crippen LogP contribution in [0.15, 0.2) is 85.5 Å². The van der Waals surface area contributed by atoms with Gasteiger partial charge in [-0.15, -0.1) is 0 Å². The van der Waals surface area contributed by atoms with Gasteiger partial charge in [-0.2, -0.15) is 0 Å². The Morgan fingerprint density at radius 3 is 1.76 bits per heavy atom. The first-order valence-corrected chi connectivity index (χ1v) is 15.2. The molecule has 1 atom stereocenters. The molecule has 1 heterocycles. The number of benzene rings is 3. The van der Waals surface area contributed by atoms with E-state index in [1.807, 2.05) is 6.92 Å². The first-order chi connectivity index (χ1) is 22.2. The maximum atomic E-state index is 12.6. The van der Waals surface area contributed by atoms with Crippen LogP contribution >= 0.6 is 0 Å². The SMILES string of the molecule is C=CC(=O)OCC(C)COc1ccc(C(=O)Oc2ccc(OC(=O)c3ccc(OCCCCOCC4(C)COC4)cc3)cc2)cc1. The molecule has 1 aliphatic rings. The quantitative estimate of drug-likeness (QED) is 0.0707. The van der Waals surface area contributed by atoms with Crippen LogP contribution in [0.1, 0.15) is 47.4 Å². The first kappa shape index (κ1) is 34.2. The number of unbranched alkanes of at least 4 members (excludes halogenated alkanes) is 1. The lowest BCUT2D eigenvalue weighted by Gasteiger charge is -2.37. The summed E-state index contributed by atoms with van der Waals surface area (Å²) in [5.74, 6) is 0.261. The Balaban J connectivity index is 1.14. The Hall–Kier alpha value is -4.67. The third-order valence-corrected chi connectivity index (χ3v) is 6.94. The molecule has 46 heavy (non-hydrogen) atoms. The van der Waals surface area contributed by atoms with Crippen LogP contribution in [-0.2, 0) is 19.0 Å². The van der Waals surface area contributed by atoms with E-state index in [1.165, 1.54) is 0 Å². The number of carbonyl (C=O) groups is 3. The Morgan fingerprint density at radius 1 is 0.761 bits per heavy atom. The summed E-state index contributed by atoms with van der Waals surface area (Å²) in [5.41, 5.74) is 0.877. The average Bonchev–Trinajstić information content (AvgIpc) is 3.06. The van der Waals surface area contributed by atoms with Gasteiger partial charge >= 0.3 is 17.9 Å². The summed E-state index contributed by atoms with van der Waals surface area (Å²) in [6.45, 7) is 11.4. The first-order valence-electron chi connectivity index (χ1n) is 15.2. The van der Waals surface area contributed by atoms with E-state index in [9.17, 15) is 14.4 Å². The normalized spacial score (nSPS) is 13.9. The van der Waals surface area contributed by atoms with Crippen LogP contribution in [0.5, 0.6) is 23.0 Å². The lowest BCUT2D eigenvalue weighted by Crippen LogP contribution is -2.43. The molecule has 10 nitrogen and oxygen atoms in total. The Kier molecular flexibility index (Phi) is 12.7. The average molecular weight is 633 g/mol. The number of rotatable bonds is 18. The van der Waals surface area contributed by atoms with Crippen molar-refractivity contribution in [2.75, 3.05) is 46.2 Å². The molecule has 0 N–H and O–H groups in total. The van der Waals surface area contributed by atoms with Gasteiger partial charge in [0.15, 0.2) is 0 Å². The summed E-state index contributed by atoms with van der Waals surface area (Å²) in [6, 6.07) is 19.4. The van der Waals surface area contributed by atoms with Gasteiger partial charge in [0.05, 0.1) is 50.8 Å². The van der Waals surface area contributed by atoms with Gasteiger partial charge in [-0.05, 0) is 85.6 Å². The third kappa shape index (κ3) is 11.0. The second-order valence-electron chi connectivity index (χ2n) is 11.5. The second kappa shape index (κ2) is 17.1.